The van der Waals surface area contributed by atoms with Gasteiger partial charge in [0.05, 0.1) is 0 Å². The van der Waals surface area contributed by atoms with Gasteiger partial charge in [0.2, 0.25) is 0 Å². The molecule has 1 heterocycles. The van der Waals surface area contributed by atoms with Gasteiger partial charge in [0.15, 0.2) is 0 Å². The van der Waals surface area contributed by atoms with E-state index in [1.54, 1.807) is 0 Å². The third-order valence-electron chi connectivity index (χ3n) is 3.62. The molecule has 0 radical (unpaired) electrons. The van der Waals surface area contributed by atoms with E-state index in [9.17, 15) is 0 Å². The SMILES string of the molecule is c1ccc(Nc2ccc(CN3CCCC3)cc2)cc1. The van der Waals surface area contributed by atoms with Gasteiger partial charge in [0.25, 0.3) is 0 Å². The highest BCUT2D eigenvalue weighted by atomic mass is 15.1. The third kappa shape index (κ3) is 3.36. The zero-order chi connectivity index (χ0) is 12.9. The topological polar surface area (TPSA) is 15.3 Å². The zero-order valence-corrected chi connectivity index (χ0v) is 11.2. The number of hydrogen-bond acceptors (Lipinski definition) is 2. The second kappa shape index (κ2) is 5.89. The van der Waals surface area contributed by atoms with Gasteiger partial charge in [-0.15, -0.1) is 0 Å². The molecule has 1 fully saturated rings. The molecule has 0 aliphatic carbocycles. The minimum absolute atomic E-state index is 1.09. The smallest absolute Gasteiger partial charge is 0.0384 e. The molecule has 1 aliphatic rings. The minimum Gasteiger partial charge on any atom is -0.356 e. The summed E-state index contributed by atoms with van der Waals surface area (Å²) >= 11 is 0. The first-order valence-electron chi connectivity index (χ1n) is 7.03. The number of nitrogens with one attached hydrogen (secondary N) is 1. The standard InChI is InChI=1S/C17H20N2/c1-2-6-16(7-3-1)18-17-10-8-15(9-11-17)14-19-12-4-5-13-19/h1-3,6-11,18H,4-5,12-14H2. The fourth-order valence-electron chi connectivity index (χ4n) is 2.58. The molecule has 1 saturated heterocycles. The summed E-state index contributed by atoms with van der Waals surface area (Å²) in [5, 5.41) is 3.41. The molecule has 2 aromatic carbocycles. The number of hydrogen-bond donors (Lipinski definition) is 1. The van der Waals surface area contributed by atoms with Crippen LogP contribution in [0.25, 0.3) is 0 Å². The highest BCUT2D eigenvalue weighted by Gasteiger charge is 2.11. The van der Waals surface area contributed by atoms with Crippen LogP contribution in [0.3, 0.4) is 0 Å². The quantitative estimate of drug-likeness (QED) is 0.884. The second-order valence-electron chi connectivity index (χ2n) is 5.17. The molecule has 3 rings (SSSR count). The van der Waals surface area contributed by atoms with Crippen LogP contribution in [0, 0.1) is 0 Å². The van der Waals surface area contributed by atoms with Gasteiger partial charge in [-0.1, -0.05) is 30.3 Å². The first-order valence-corrected chi connectivity index (χ1v) is 7.03. The van der Waals surface area contributed by atoms with E-state index >= 15 is 0 Å². The van der Waals surface area contributed by atoms with Gasteiger partial charge in [0, 0.05) is 17.9 Å². The Kier molecular flexibility index (Phi) is 3.80. The van der Waals surface area contributed by atoms with E-state index in [4.69, 9.17) is 0 Å². The number of benzene rings is 2. The van der Waals surface area contributed by atoms with Crippen molar-refractivity contribution in [3.63, 3.8) is 0 Å². The molecule has 0 saturated carbocycles. The Morgan fingerprint density at radius 3 is 2.11 bits per heavy atom. The monoisotopic (exact) mass is 252 g/mol. The molecule has 2 heteroatoms. The van der Waals surface area contributed by atoms with Crippen LogP contribution in [0.4, 0.5) is 11.4 Å². The summed E-state index contributed by atoms with van der Waals surface area (Å²) in [6, 6.07) is 19.1. The van der Waals surface area contributed by atoms with E-state index in [1.165, 1.54) is 31.5 Å². The lowest BCUT2D eigenvalue weighted by Gasteiger charge is -2.15. The molecule has 0 bridgehead atoms. The maximum absolute atomic E-state index is 3.41. The maximum Gasteiger partial charge on any atom is 0.0384 e. The van der Waals surface area contributed by atoms with Crippen molar-refractivity contribution in [3.05, 3.63) is 60.2 Å². The van der Waals surface area contributed by atoms with Gasteiger partial charge in [-0.3, -0.25) is 4.90 Å². The van der Waals surface area contributed by atoms with Gasteiger partial charge < -0.3 is 5.32 Å². The number of para-hydroxylation sites is 1. The van der Waals surface area contributed by atoms with E-state index in [-0.39, 0.29) is 0 Å². The van der Waals surface area contributed by atoms with Gasteiger partial charge >= 0.3 is 0 Å². The largest absolute Gasteiger partial charge is 0.356 e. The Balaban J connectivity index is 1.62. The van der Waals surface area contributed by atoms with Crippen molar-refractivity contribution in [1.82, 2.24) is 4.90 Å². The van der Waals surface area contributed by atoms with Crippen molar-refractivity contribution in [3.8, 4) is 0 Å². The van der Waals surface area contributed by atoms with Crippen molar-refractivity contribution in [2.24, 2.45) is 0 Å². The van der Waals surface area contributed by atoms with Crippen LogP contribution < -0.4 is 5.32 Å². The second-order valence-corrected chi connectivity index (χ2v) is 5.17. The summed E-state index contributed by atoms with van der Waals surface area (Å²) in [7, 11) is 0. The summed E-state index contributed by atoms with van der Waals surface area (Å²) in [4.78, 5) is 2.53. The van der Waals surface area contributed by atoms with Gasteiger partial charge in [-0.05, 0) is 55.8 Å². The van der Waals surface area contributed by atoms with E-state index in [0.717, 1.165) is 17.9 Å². The molecule has 19 heavy (non-hydrogen) atoms. The van der Waals surface area contributed by atoms with Crippen molar-refractivity contribution in [1.29, 1.82) is 0 Å². The molecule has 1 N–H and O–H groups in total. The van der Waals surface area contributed by atoms with E-state index in [2.05, 4.69) is 46.6 Å². The zero-order valence-electron chi connectivity index (χ0n) is 11.2. The molecule has 2 aromatic rings. The third-order valence-corrected chi connectivity index (χ3v) is 3.62. The molecule has 0 atom stereocenters. The van der Waals surface area contributed by atoms with Crippen LogP contribution in [0.2, 0.25) is 0 Å². The van der Waals surface area contributed by atoms with Crippen molar-refractivity contribution < 1.29 is 0 Å². The van der Waals surface area contributed by atoms with E-state index in [0.29, 0.717) is 0 Å². The molecule has 98 valence electrons. The minimum atomic E-state index is 1.09. The van der Waals surface area contributed by atoms with Crippen molar-refractivity contribution >= 4 is 11.4 Å². The Morgan fingerprint density at radius 2 is 1.42 bits per heavy atom. The van der Waals surface area contributed by atoms with Crippen LogP contribution in [-0.2, 0) is 6.54 Å². The molecule has 0 aromatic heterocycles. The Morgan fingerprint density at radius 1 is 0.789 bits per heavy atom. The lowest BCUT2D eigenvalue weighted by atomic mass is 10.2. The van der Waals surface area contributed by atoms with Crippen LogP contribution >= 0.6 is 0 Å². The van der Waals surface area contributed by atoms with Gasteiger partial charge in [-0.2, -0.15) is 0 Å². The van der Waals surface area contributed by atoms with Crippen molar-refractivity contribution in [2.45, 2.75) is 19.4 Å². The number of nitrogens with zero attached hydrogens (tertiary/aromatic N) is 1. The lowest BCUT2D eigenvalue weighted by Crippen LogP contribution is -2.18. The fraction of sp³-hybridized carbons (Fsp3) is 0.294. The van der Waals surface area contributed by atoms with Crippen LogP contribution in [-0.4, -0.2) is 18.0 Å². The summed E-state index contributed by atoms with van der Waals surface area (Å²) in [5.41, 5.74) is 3.69. The lowest BCUT2D eigenvalue weighted by molar-refractivity contribution is 0.331. The van der Waals surface area contributed by atoms with Crippen LogP contribution in [0.15, 0.2) is 54.6 Å². The molecule has 2 nitrogen and oxygen atoms in total. The maximum atomic E-state index is 3.41. The normalized spacial score (nSPS) is 15.6. The Bertz CT molecular complexity index is 499. The predicted octanol–water partition coefficient (Wildman–Crippen LogP) is 4.03. The molecular weight excluding hydrogens is 232 g/mol. The predicted molar refractivity (Wildman–Crippen MR) is 80.7 cm³/mol. The molecule has 0 unspecified atom stereocenters. The van der Waals surface area contributed by atoms with Crippen LogP contribution in [0.1, 0.15) is 18.4 Å². The van der Waals surface area contributed by atoms with Crippen molar-refractivity contribution in [2.75, 3.05) is 18.4 Å². The summed E-state index contributed by atoms with van der Waals surface area (Å²) in [5.74, 6) is 0. The molecule has 0 spiro atoms. The summed E-state index contributed by atoms with van der Waals surface area (Å²) in [6.45, 7) is 3.60. The average molecular weight is 252 g/mol. The van der Waals surface area contributed by atoms with E-state index < -0.39 is 0 Å². The first kappa shape index (κ1) is 12.2. The van der Waals surface area contributed by atoms with Gasteiger partial charge in [-0.25, -0.2) is 0 Å². The Hall–Kier alpha value is -1.80. The van der Waals surface area contributed by atoms with Crippen LogP contribution in [0.5, 0.6) is 0 Å². The summed E-state index contributed by atoms with van der Waals surface area (Å²) in [6.07, 6.45) is 2.71. The van der Waals surface area contributed by atoms with E-state index in [1.807, 2.05) is 18.2 Å². The molecule has 1 aliphatic heterocycles. The summed E-state index contributed by atoms with van der Waals surface area (Å²) < 4.78 is 0. The Labute approximate surface area is 115 Å². The average Bonchev–Trinajstić information content (AvgIpc) is 2.95. The number of rotatable bonds is 4. The number of likely N-dealkylation sites (tertiary alicyclic amines) is 1. The molecule has 0 amide bonds. The first-order chi connectivity index (χ1) is 9.40. The van der Waals surface area contributed by atoms with Gasteiger partial charge in [0.1, 0.15) is 0 Å². The number of anilines is 2. The highest BCUT2D eigenvalue weighted by molar-refractivity contribution is 5.59. The fourth-order valence-corrected chi connectivity index (χ4v) is 2.58. The molecular formula is C17H20N2. The highest BCUT2D eigenvalue weighted by Crippen LogP contribution is 2.18.